The summed E-state index contributed by atoms with van der Waals surface area (Å²) < 4.78 is 4.99. The lowest BCUT2D eigenvalue weighted by Crippen LogP contribution is -2.23. The van der Waals surface area contributed by atoms with Gasteiger partial charge in [-0.1, -0.05) is 11.6 Å². The summed E-state index contributed by atoms with van der Waals surface area (Å²) in [6.07, 6.45) is 2.84. The number of carbonyl (C=O) groups excluding carboxylic acids is 3. The average Bonchev–Trinajstić information content (AvgIpc) is 3.06. The minimum Gasteiger partial charge on any atom is -0.454 e. The van der Waals surface area contributed by atoms with Crippen molar-refractivity contribution >= 4 is 34.9 Å². The van der Waals surface area contributed by atoms with Gasteiger partial charge in [-0.25, -0.2) is 9.78 Å². The maximum absolute atomic E-state index is 12.2. The SMILES string of the molecule is O=C(COC(=O)c1cccnc1Cl)c1ccc(N2CCCC2=O)cc1. The third kappa shape index (κ3) is 3.85. The standard InChI is InChI=1S/C18H15ClN2O4/c19-17-14(3-1-9-20-17)18(24)25-11-15(22)12-5-7-13(8-6-12)21-10-2-4-16(21)23/h1,3,5-9H,2,4,10-11H2. The van der Waals surface area contributed by atoms with Crippen LogP contribution in [0.2, 0.25) is 5.15 Å². The van der Waals surface area contributed by atoms with Crippen molar-refractivity contribution in [3.8, 4) is 0 Å². The van der Waals surface area contributed by atoms with Crippen LogP contribution in [0.3, 0.4) is 0 Å². The van der Waals surface area contributed by atoms with Crippen molar-refractivity contribution in [2.24, 2.45) is 0 Å². The van der Waals surface area contributed by atoms with E-state index < -0.39 is 12.6 Å². The van der Waals surface area contributed by atoms with Crippen LogP contribution in [0, 0.1) is 0 Å². The highest BCUT2D eigenvalue weighted by molar-refractivity contribution is 6.32. The largest absolute Gasteiger partial charge is 0.454 e. The molecule has 1 aromatic carbocycles. The number of nitrogens with zero attached hydrogens (tertiary/aromatic N) is 2. The van der Waals surface area contributed by atoms with Gasteiger partial charge in [0.25, 0.3) is 0 Å². The van der Waals surface area contributed by atoms with Crippen molar-refractivity contribution in [1.82, 2.24) is 4.98 Å². The number of pyridine rings is 1. The van der Waals surface area contributed by atoms with E-state index in [-0.39, 0.29) is 22.4 Å². The fourth-order valence-corrected chi connectivity index (χ4v) is 2.78. The highest BCUT2D eigenvalue weighted by atomic mass is 35.5. The van der Waals surface area contributed by atoms with Gasteiger partial charge in [0.2, 0.25) is 5.91 Å². The van der Waals surface area contributed by atoms with Crippen LogP contribution in [0.25, 0.3) is 0 Å². The van der Waals surface area contributed by atoms with E-state index in [9.17, 15) is 14.4 Å². The van der Waals surface area contributed by atoms with E-state index in [1.807, 2.05) is 0 Å². The molecule has 1 saturated heterocycles. The van der Waals surface area contributed by atoms with Crippen LogP contribution in [-0.4, -0.2) is 35.8 Å². The van der Waals surface area contributed by atoms with Crippen LogP contribution in [0.4, 0.5) is 5.69 Å². The van der Waals surface area contributed by atoms with Crippen LogP contribution < -0.4 is 4.90 Å². The zero-order valence-corrected chi connectivity index (χ0v) is 14.0. The predicted molar refractivity (Wildman–Crippen MR) is 91.9 cm³/mol. The maximum Gasteiger partial charge on any atom is 0.341 e. The number of anilines is 1. The van der Waals surface area contributed by atoms with Crippen LogP contribution in [0.1, 0.15) is 33.6 Å². The minimum atomic E-state index is -0.703. The number of hydrogen-bond donors (Lipinski definition) is 0. The summed E-state index contributed by atoms with van der Waals surface area (Å²) in [5.74, 6) is -0.959. The van der Waals surface area contributed by atoms with Gasteiger partial charge in [-0.3, -0.25) is 9.59 Å². The fraction of sp³-hybridized carbons (Fsp3) is 0.222. The molecule has 0 aliphatic carbocycles. The molecule has 0 unspecified atom stereocenters. The summed E-state index contributed by atoms with van der Waals surface area (Å²) >= 11 is 5.81. The summed E-state index contributed by atoms with van der Waals surface area (Å²) in [7, 11) is 0. The van der Waals surface area contributed by atoms with Crippen LogP contribution in [-0.2, 0) is 9.53 Å². The first-order valence-corrected chi connectivity index (χ1v) is 8.15. The summed E-state index contributed by atoms with van der Waals surface area (Å²) in [5, 5.41) is 0.0274. The zero-order valence-electron chi connectivity index (χ0n) is 13.3. The van der Waals surface area contributed by atoms with Gasteiger partial charge in [-0.2, -0.15) is 0 Å². The zero-order chi connectivity index (χ0) is 17.8. The third-order valence-corrected chi connectivity index (χ3v) is 4.19. The fourth-order valence-electron chi connectivity index (χ4n) is 2.58. The van der Waals surface area contributed by atoms with E-state index >= 15 is 0 Å². The van der Waals surface area contributed by atoms with Gasteiger partial charge < -0.3 is 9.64 Å². The van der Waals surface area contributed by atoms with Crippen LogP contribution >= 0.6 is 11.6 Å². The maximum atomic E-state index is 12.2. The Hall–Kier alpha value is -2.73. The Labute approximate surface area is 149 Å². The van der Waals surface area contributed by atoms with Gasteiger partial charge in [0.1, 0.15) is 5.15 Å². The highest BCUT2D eigenvalue weighted by Gasteiger charge is 2.22. The number of esters is 1. The normalized spacial score (nSPS) is 13.8. The smallest absolute Gasteiger partial charge is 0.341 e. The topological polar surface area (TPSA) is 76.6 Å². The van der Waals surface area contributed by atoms with Gasteiger partial charge in [-0.15, -0.1) is 0 Å². The molecule has 1 fully saturated rings. The molecule has 1 amide bonds. The lowest BCUT2D eigenvalue weighted by molar-refractivity contribution is -0.117. The van der Waals surface area contributed by atoms with Crippen LogP contribution in [0.5, 0.6) is 0 Å². The van der Waals surface area contributed by atoms with E-state index in [1.54, 1.807) is 35.2 Å². The van der Waals surface area contributed by atoms with Gasteiger partial charge in [0.15, 0.2) is 12.4 Å². The Kier molecular flexibility index (Phi) is 5.09. The van der Waals surface area contributed by atoms with Crippen molar-refractivity contribution < 1.29 is 19.1 Å². The number of ether oxygens (including phenoxy) is 1. The van der Waals surface area contributed by atoms with Crippen molar-refractivity contribution in [3.63, 3.8) is 0 Å². The van der Waals surface area contributed by atoms with Gasteiger partial charge in [-0.05, 0) is 42.8 Å². The quantitative estimate of drug-likeness (QED) is 0.466. The Bertz CT molecular complexity index is 820. The molecule has 0 spiro atoms. The molecule has 0 N–H and O–H groups in total. The number of rotatable bonds is 5. The Morgan fingerprint density at radius 3 is 2.60 bits per heavy atom. The molecular weight excluding hydrogens is 344 g/mol. The van der Waals surface area contributed by atoms with E-state index in [4.69, 9.17) is 16.3 Å². The number of carbonyl (C=O) groups is 3. The van der Waals surface area contributed by atoms with Crippen LogP contribution in [0.15, 0.2) is 42.6 Å². The molecular formula is C18H15ClN2O4. The molecule has 7 heteroatoms. The summed E-state index contributed by atoms with van der Waals surface area (Å²) in [4.78, 5) is 41.3. The summed E-state index contributed by atoms with van der Waals surface area (Å²) in [6.45, 7) is 0.293. The van der Waals surface area contributed by atoms with Crippen molar-refractivity contribution in [3.05, 3.63) is 58.9 Å². The second kappa shape index (κ2) is 7.44. The highest BCUT2D eigenvalue weighted by Crippen LogP contribution is 2.21. The first-order chi connectivity index (χ1) is 12.1. The molecule has 128 valence electrons. The minimum absolute atomic E-state index is 0.0274. The van der Waals surface area contributed by atoms with Crippen molar-refractivity contribution in [2.75, 3.05) is 18.1 Å². The van der Waals surface area contributed by atoms with Crippen molar-refractivity contribution in [2.45, 2.75) is 12.8 Å². The Morgan fingerprint density at radius 2 is 1.96 bits per heavy atom. The molecule has 1 aliphatic heterocycles. The van der Waals surface area contributed by atoms with Crippen molar-refractivity contribution in [1.29, 1.82) is 0 Å². The molecule has 3 rings (SSSR count). The van der Waals surface area contributed by atoms with Gasteiger partial charge >= 0.3 is 5.97 Å². The van der Waals surface area contributed by atoms with Gasteiger partial charge in [0.05, 0.1) is 5.56 Å². The molecule has 2 heterocycles. The number of Topliss-reactive ketones (excluding diaryl/α,β-unsaturated/α-hetero) is 1. The number of hydrogen-bond acceptors (Lipinski definition) is 5. The third-order valence-electron chi connectivity index (χ3n) is 3.89. The lowest BCUT2D eigenvalue weighted by Gasteiger charge is -2.15. The molecule has 0 radical (unpaired) electrons. The first-order valence-electron chi connectivity index (χ1n) is 7.77. The van der Waals surface area contributed by atoms with E-state index in [1.165, 1.54) is 12.3 Å². The van der Waals surface area contributed by atoms with E-state index in [2.05, 4.69) is 4.98 Å². The molecule has 0 saturated carbocycles. The predicted octanol–water partition coefficient (Wildman–Crippen LogP) is 2.90. The first kappa shape index (κ1) is 17.1. The van der Waals surface area contributed by atoms with E-state index in [0.29, 0.717) is 18.5 Å². The monoisotopic (exact) mass is 358 g/mol. The molecule has 1 aliphatic rings. The van der Waals surface area contributed by atoms with E-state index in [0.717, 1.165) is 12.1 Å². The second-order valence-corrected chi connectivity index (χ2v) is 5.89. The summed E-state index contributed by atoms with van der Waals surface area (Å²) in [6, 6.07) is 9.71. The molecule has 0 atom stereocenters. The molecule has 2 aromatic rings. The number of benzene rings is 1. The number of aromatic nitrogens is 1. The number of amides is 1. The number of halogens is 1. The van der Waals surface area contributed by atoms with Gasteiger partial charge in [0, 0.05) is 30.4 Å². The summed E-state index contributed by atoms with van der Waals surface area (Å²) in [5.41, 5.74) is 1.28. The molecule has 1 aromatic heterocycles. The Morgan fingerprint density at radius 1 is 1.20 bits per heavy atom. The average molecular weight is 359 g/mol. The number of ketones is 1. The molecule has 0 bridgehead atoms. The molecule has 6 nitrogen and oxygen atoms in total. The lowest BCUT2D eigenvalue weighted by atomic mass is 10.1. The molecule has 25 heavy (non-hydrogen) atoms. The second-order valence-electron chi connectivity index (χ2n) is 5.54. The Balaban J connectivity index is 1.61.